The molecule has 0 aromatic heterocycles. The minimum Gasteiger partial charge on any atom is -0.480 e. The molecule has 1 N–H and O–H groups in total. The first-order valence-electron chi connectivity index (χ1n) is 7.96. The summed E-state index contributed by atoms with van der Waals surface area (Å²) in [5.74, 6) is -2.38. The molecule has 2 atom stereocenters. The lowest BCUT2D eigenvalue weighted by molar-refractivity contribution is -0.149. The number of hydrogen-bond donors (Lipinski definition) is 1. The smallest absolute Gasteiger partial charge is 0.326 e. The SMILES string of the molecule is CCC(CSC(C)=O)C(=O)N1CC2(C[C@H]1C(=O)O)C(=O)CCC2=O. The molecular formula is C16H21NO6S. The van der Waals surface area contributed by atoms with E-state index in [1.165, 1.54) is 6.92 Å². The van der Waals surface area contributed by atoms with Gasteiger partial charge in [-0.3, -0.25) is 19.2 Å². The summed E-state index contributed by atoms with van der Waals surface area (Å²) in [7, 11) is 0. The summed E-state index contributed by atoms with van der Waals surface area (Å²) in [5.41, 5.74) is -1.34. The Bertz CT molecular complexity index is 585. The van der Waals surface area contributed by atoms with Gasteiger partial charge in [0, 0.05) is 38.0 Å². The third-order valence-electron chi connectivity index (χ3n) is 4.90. The van der Waals surface area contributed by atoms with E-state index in [1.54, 1.807) is 6.92 Å². The molecule has 1 amide bonds. The molecule has 1 aliphatic heterocycles. The average molecular weight is 355 g/mol. The van der Waals surface area contributed by atoms with Crippen molar-refractivity contribution < 1.29 is 29.1 Å². The summed E-state index contributed by atoms with van der Waals surface area (Å²) in [5, 5.41) is 9.33. The molecule has 24 heavy (non-hydrogen) atoms. The Morgan fingerprint density at radius 3 is 2.33 bits per heavy atom. The molecule has 1 unspecified atom stereocenters. The number of carbonyl (C=O) groups is 5. The molecule has 7 nitrogen and oxygen atoms in total. The lowest BCUT2D eigenvalue weighted by atomic mass is 9.82. The fourth-order valence-corrected chi connectivity index (χ4v) is 4.25. The van der Waals surface area contributed by atoms with Crippen molar-refractivity contribution in [3.8, 4) is 0 Å². The van der Waals surface area contributed by atoms with E-state index in [4.69, 9.17) is 0 Å². The van der Waals surface area contributed by atoms with Gasteiger partial charge < -0.3 is 10.0 Å². The van der Waals surface area contributed by atoms with Crippen molar-refractivity contribution >= 4 is 40.3 Å². The van der Waals surface area contributed by atoms with Crippen LogP contribution in [0.1, 0.15) is 39.5 Å². The molecule has 0 radical (unpaired) electrons. The molecule has 1 heterocycles. The van der Waals surface area contributed by atoms with E-state index in [9.17, 15) is 29.1 Å². The number of carboxylic acid groups (broad SMARTS) is 1. The van der Waals surface area contributed by atoms with Gasteiger partial charge in [-0.25, -0.2) is 4.79 Å². The number of Topliss-reactive ketones (excluding diaryl/α,β-unsaturated/α-hetero) is 2. The molecule has 0 aromatic rings. The summed E-state index contributed by atoms with van der Waals surface area (Å²) in [4.78, 5) is 61.0. The Labute approximate surface area is 144 Å². The van der Waals surface area contributed by atoms with Gasteiger partial charge in [-0.15, -0.1) is 0 Å². The van der Waals surface area contributed by atoms with Gasteiger partial charge in [0.1, 0.15) is 23.0 Å². The first-order valence-corrected chi connectivity index (χ1v) is 8.94. The molecule has 1 aliphatic carbocycles. The number of carboxylic acids is 1. The van der Waals surface area contributed by atoms with Crippen LogP contribution < -0.4 is 0 Å². The number of likely N-dealkylation sites (tertiary alicyclic amines) is 1. The van der Waals surface area contributed by atoms with Gasteiger partial charge in [0.15, 0.2) is 5.12 Å². The number of hydrogen-bond acceptors (Lipinski definition) is 6. The monoisotopic (exact) mass is 355 g/mol. The van der Waals surface area contributed by atoms with E-state index < -0.39 is 29.3 Å². The van der Waals surface area contributed by atoms with Gasteiger partial charge in [0.25, 0.3) is 0 Å². The summed E-state index contributed by atoms with van der Waals surface area (Å²) in [6, 6.07) is -1.17. The van der Waals surface area contributed by atoms with E-state index in [0.29, 0.717) is 6.42 Å². The fourth-order valence-electron chi connectivity index (χ4n) is 3.44. The number of carbonyl (C=O) groups excluding carboxylic acids is 4. The highest BCUT2D eigenvalue weighted by molar-refractivity contribution is 8.13. The number of nitrogens with zero attached hydrogens (tertiary/aromatic N) is 1. The van der Waals surface area contributed by atoms with Crippen molar-refractivity contribution in [2.24, 2.45) is 11.3 Å². The Morgan fingerprint density at radius 1 is 1.29 bits per heavy atom. The van der Waals surface area contributed by atoms with E-state index in [0.717, 1.165) is 16.7 Å². The second kappa shape index (κ2) is 7.04. The average Bonchev–Trinajstić information content (AvgIpc) is 3.05. The zero-order valence-corrected chi connectivity index (χ0v) is 14.6. The highest BCUT2D eigenvalue weighted by atomic mass is 32.2. The second-order valence-corrected chi connectivity index (χ2v) is 7.56. The fraction of sp³-hybridized carbons (Fsp3) is 0.688. The van der Waals surface area contributed by atoms with Crippen molar-refractivity contribution in [1.82, 2.24) is 4.90 Å². The largest absolute Gasteiger partial charge is 0.480 e. The first-order chi connectivity index (χ1) is 11.2. The molecular weight excluding hydrogens is 334 g/mol. The summed E-state index contributed by atoms with van der Waals surface area (Å²) >= 11 is 1.02. The molecule has 2 rings (SSSR count). The maximum atomic E-state index is 12.8. The second-order valence-electron chi connectivity index (χ2n) is 6.36. The molecule has 2 fully saturated rings. The van der Waals surface area contributed by atoms with Gasteiger partial charge >= 0.3 is 5.97 Å². The normalized spacial score (nSPS) is 23.8. The van der Waals surface area contributed by atoms with Crippen LogP contribution in [-0.4, -0.2) is 56.9 Å². The predicted octanol–water partition coefficient (Wildman–Crippen LogP) is 0.896. The van der Waals surface area contributed by atoms with Gasteiger partial charge in [0.2, 0.25) is 5.91 Å². The van der Waals surface area contributed by atoms with Gasteiger partial charge in [-0.05, 0) is 12.8 Å². The number of ketones is 2. The number of amides is 1. The lowest BCUT2D eigenvalue weighted by Gasteiger charge is -2.26. The van der Waals surface area contributed by atoms with Gasteiger partial charge in [-0.2, -0.15) is 0 Å². The maximum Gasteiger partial charge on any atom is 0.326 e. The zero-order valence-electron chi connectivity index (χ0n) is 13.7. The van der Waals surface area contributed by atoms with E-state index in [1.807, 2.05) is 0 Å². The van der Waals surface area contributed by atoms with Gasteiger partial charge in [-0.1, -0.05) is 18.7 Å². The Hall–Kier alpha value is -1.70. The van der Waals surface area contributed by atoms with Crippen LogP contribution in [0.25, 0.3) is 0 Å². The van der Waals surface area contributed by atoms with Crippen LogP contribution in [0.3, 0.4) is 0 Å². The summed E-state index contributed by atoms with van der Waals surface area (Å²) < 4.78 is 0. The number of aliphatic carboxylic acids is 1. The molecule has 1 spiro atoms. The third kappa shape index (κ3) is 3.24. The van der Waals surface area contributed by atoms with Crippen LogP contribution >= 0.6 is 11.8 Å². The zero-order chi connectivity index (χ0) is 18.1. The quantitative estimate of drug-likeness (QED) is 0.730. The van der Waals surface area contributed by atoms with E-state index in [-0.39, 0.29) is 48.2 Å². The Kier molecular flexibility index (Phi) is 5.47. The van der Waals surface area contributed by atoms with Crippen LogP contribution in [0.4, 0.5) is 0 Å². The standard InChI is InChI=1S/C16H21NO6S/c1-3-10(7-24-9(2)18)14(21)17-8-16(6-11(17)15(22)23)12(19)4-5-13(16)20/h10-11H,3-8H2,1-2H3,(H,22,23)/t10?,11-/m0/s1. The van der Waals surface area contributed by atoms with Crippen molar-refractivity contribution in [1.29, 1.82) is 0 Å². The van der Waals surface area contributed by atoms with Gasteiger partial charge in [0.05, 0.1) is 0 Å². The molecule has 2 aliphatic rings. The van der Waals surface area contributed by atoms with Crippen molar-refractivity contribution in [3.63, 3.8) is 0 Å². The van der Waals surface area contributed by atoms with Crippen molar-refractivity contribution in [2.45, 2.75) is 45.6 Å². The van der Waals surface area contributed by atoms with Crippen molar-refractivity contribution in [2.75, 3.05) is 12.3 Å². The Morgan fingerprint density at radius 2 is 1.88 bits per heavy atom. The topological polar surface area (TPSA) is 109 Å². The highest BCUT2D eigenvalue weighted by Crippen LogP contribution is 2.43. The van der Waals surface area contributed by atoms with Crippen LogP contribution in [0.5, 0.6) is 0 Å². The minimum atomic E-state index is -1.34. The van der Waals surface area contributed by atoms with Crippen LogP contribution in [-0.2, 0) is 24.0 Å². The number of thioether (sulfide) groups is 1. The predicted molar refractivity (Wildman–Crippen MR) is 86.4 cm³/mol. The third-order valence-corrected chi connectivity index (χ3v) is 5.88. The highest BCUT2D eigenvalue weighted by Gasteiger charge is 2.59. The van der Waals surface area contributed by atoms with E-state index >= 15 is 0 Å². The molecule has 0 aromatic carbocycles. The molecule has 132 valence electrons. The van der Waals surface area contributed by atoms with Crippen LogP contribution in [0.15, 0.2) is 0 Å². The minimum absolute atomic E-state index is 0.116. The van der Waals surface area contributed by atoms with Crippen molar-refractivity contribution in [3.05, 3.63) is 0 Å². The molecule has 1 saturated heterocycles. The van der Waals surface area contributed by atoms with Crippen LogP contribution in [0.2, 0.25) is 0 Å². The number of rotatable bonds is 5. The maximum absolute atomic E-state index is 12.8. The lowest BCUT2D eigenvalue weighted by Crippen LogP contribution is -2.45. The Balaban J connectivity index is 2.24. The molecule has 1 saturated carbocycles. The molecule has 0 bridgehead atoms. The van der Waals surface area contributed by atoms with E-state index in [2.05, 4.69) is 0 Å². The first kappa shape index (κ1) is 18.6. The summed E-state index contributed by atoms with van der Waals surface area (Å²) in [6.45, 7) is 3.04. The van der Waals surface area contributed by atoms with Crippen LogP contribution in [0, 0.1) is 11.3 Å². The molecule has 8 heteroatoms. The summed E-state index contributed by atoms with van der Waals surface area (Å²) in [6.07, 6.45) is 0.550.